The molecule has 9 nitrogen and oxygen atoms in total. The maximum Gasteiger partial charge on any atom is 0.306 e. The molecule has 2 aromatic heterocycles. The third kappa shape index (κ3) is 6.26. The number of carboxylic acids is 1. The molecule has 0 aliphatic heterocycles. The Morgan fingerprint density at radius 2 is 2.16 bits per heavy atom. The number of carboxylic acid groups (broad SMARTS) is 1. The Hall–Kier alpha value is -2.52. The molecule has 0 saturated heterocycles. The first-order valence-corrected chi connectivity index (χ1v) is 11.4. The van der Waals surface area contributed by atoms with Gasteiger partial charge in [-0.05, 0) is 64.8 Å². The summed E-state index contributed by atoms with van der Waals surface area (Å²) in [5.41, 5.74) is 3.03. The molecule has 1 aliphatic carbocycles. The first kappa shape index (κ1) is 24.1. The van der Waals surface area contributed by atoms with Gasteiger partial charge in [0.2, 0.25) is 0 Å². The van der Waals surface area contributed by atoms with Crippen LogP contribution in [0.5, 0.6) is 5.75 Å². The lowest BCUT2D eigenvalue weighted by Crippen LogP contribution is -2.29. The summed E-state index contributed by atoms with van der Waals surface area (Å²) in [5, 5.41) is 17.8. The van der Waals surface area contributed by atoms with Crippen LogP contribution < -0.4 is 4.74 Å². The molecule has 1 saturated carbocycles. The SMILES string of the molecule is CCCCN(C)COCc1c(-c2ccc(O[C@H]3CCC[C@H](C(=O)O)C3)c(C)n2)nnn1C. The molecule has 1 N–H and O–H groups in total. The number of carbonyl (C=O) groups is 1. The van der Waals surface area contributed by atoms with Crippen molar-refractivity contribution in [2.45, 2.75) is 65.1 Å². The van der Waals surface area contributed by atoms with Crippen LogP contribution in [0.4, 0.5) is 0 Å². The van der Waals surface area contributed by atoms with Gasteiger partial charge in [0.1, 0.15) is 11.4 Å². The van der Waals surface area contributed by atoms with Crippen molar-refractivity contribution in [2.24, 2.45) is 13.0 Å². The Balaban J connectivity index is 1.65. The van der Waals surface area contributed by atoms with Crippen LogP contribution in [0, 0.1) is 12.8 Å². The van der Waals surface area contributed by atoms with E-state index in [2.05, 4.69) is 22.1 Å². The van der Waals surface area contributed by atoms with E-state index < -0.39 is 5.97 Å². The normalized spacial score (nSPS) is 18.8. The maximum atomic E-state index is 11.3. The van der Waals surface area contributed by atoms with Crippen LogP contribution in [0.25, 0.3) is 11.4 Å². The smallest absolute Gasteiger partial charge is 0.306 e. The van der Waals surface area contributed by atoms with Crippen molar-refractivity contribution in [1.29, 1.82) is 0 Å². The van der Waals surface area contributed by atoms with Crippen LogP contribution in [-0.4, -0.2) is 62.4 Å². The molecular weight excluding hydrogens is 410 g/mol. The average Bonchev–Trinajstić information content (AvgIpc) is 3.14. The van der Waals surface area contributed by atoms with E-state index in [0.29, 0.717) is 36.9 Å². The molecule has 0 amide bonds. The second-order valence-corrected chi connectivity index (χ2v) is 8.64. The number of hydrogen-bond donors (Lipinski definition) is 1. The zero-order valence-corrected chi connectivity index (χ0v) is 19.6. The van der Waals surface area contributed by atoms with Crippen molar-refractivity contribution in [1.82, 2.24) is 24.9 Å². The minimum Gasteiger partial charge on any atom is -0.489 e. The van der Waals surface area contributed by atoms with Gasteiger partial charge in [-0.2, -0.15) is 0 Å². The lowest BCUT2D eigenvalue weighted by Gasteiger charge is -2.27. The topological polar surface area (TPSA) is 103 Å². The van der Waals surface area contributed by atoms with Crippen molar-refractivity contribution < 1.29 is 19.4 Å². The second kappa shape index (κ2) is 11.4. The number of ether oxygens (including phenoxy) is 2. The van der Waals surface area contributed by atoms with Crippen LogP contribution in [-0.2, 0) is 23.2 Å². The average molecular weight is 446 g/mol. The van der Waals surface area contributed by atoms with E-state index in [9.17, 15) is 9.90 Å². The van der Waals surface area contributed by atoms with E-state index in [1.165, 1.54) is 0 Å². The van der Waals surface area contributed by atoms with Crippen molar-refractivity contribution in [3.05, 3.63) is 23.5 Å². The Bertz CT molecular complexity index is 901. The summed E-state index contributed by atoms with van der Waals surface area (Å²) in [7, 11) is 3.90. The Morgan fingerprint density at radius 1 is 1.34 bits per heavy atom. The third-order valence-electron chi connectivity index (χ3n) is 5.94. The van der Waals surface area contributed by atoms with Gasteiger partial charge in [-0.15, -0.1) is 5.10 Å². The van der Waals surface area contributed by atoms with E-state index in [4.69, 9.17) is 14.5 Å². The third-order valence-corrected chi connectivity index (χ3v) is 5.94. The van der Waals surface area contributed by atoms with Crippen molar-refractivity contribution >= 4 is 5.97 Å². The summed E-state index contributed by atoms with van der Waals surface area (Å²) < 4.78 is 13.7. The van der Waals surface area contributed by atoms with Gasteiger partial charge in [-0.3, -0.25) is 9.69 Å². The van der Waals surface area contributed by atoms with E-state index in [1.807, 2.05) is 33.2 Å². The van der Waals surface area contributed by atoms with Crippen LogP contribution in [0.2, 0.25) is 0 Å². The highest BCUT2D eigenvalue weighted by atomic mass is 16.5. The summed E-state index contributed by atoms with van der Waals surface area (Å²) in [6.45, 7) is 6.01. The van der Waals surface area contributed by atoms with Crippen LogP contribution >= 0.6 is 0 Å². The van der Waals surface area contributed by atoms with Gasteiger partial charge < -0.3 is 14.6 Å². The van der Waals surface area contributed by atoms with Gasteiger partial charge in [0.25, 0.3) is 0 Å². The van der Waals surface area contributed by atoms with Gasteiger partial charge in [-0.25, -0.2) is 9.67 Å². The Morgan fingerprint density at radius 3 is 2.88 bits per heavy atom. The zero-order chi connectivity index (χ0) is 23.1. The zero-order valence-electron chi connectivity index (χ0n) is 19.6. The molecule has 3 rings (SSSR count). The van der Waals surface area contributed by atoms with E-state index in [0.717, 1.165) is 50.0 Å². The molecule has 0 unspecified atom stereocenters. The Kier molecular flexibility index (Phi) is 8.58. The highest BCUT2D eigenvalue weighted by molar-refractivity contribution is 5.70. The minimum absolute atomic E-state index is 0.0959. The van der Waals surface area contributed by atoms with Crippen molar-refractivity contribution in [3.8, 4) is 17.1 Å². The second-order valence-electron chi connectivity index (χ2n) is 8.64. The van der Waals surface area contributed by atoms with Gasteiger partial charge in [0.05, 0.1) is 42.4 Å². The highest BCUT2D eigenvalue weighted by Gasteiger charge is 2.28. The Labute approximate surface area is 189 Å². The molecule has 0 spiro atoms. The molecule has 0 aromatic carbocycles. The largest absolute Gasteiger partial charge is 0.489 e. The molecule has 32 heavy (non-hydrogen) atoms. The molecule has 176 valence electrons. The fourth-order valence-electron chi connectivity index (χ4n) is 3.99. The maximum absolute atomic E-state index is 11.3. The number of nitrogens with zero attached hydrogens (tertiary/aromatic N) is 5. The first-order valence-electron chi connectivity index (χ1n) is 11.4. The van der Waals surface area contributed by atoms with Crippen LogP contribution in [0.1, 0.15) is 56.8 Å². The molecule has 2 aromatic rings. The number of aliphatic carboxylic acids is 1. The minimum atomic E-state index is -0.738. The number of unbranched alkanes of at least 4 members (excludes halogenated alkanes) is 1. The molecule has 2 atom stereocenters. The summed E-state index contributed by atoms with van der Waals surface area (Å²) in [4.78, 5) is 18.2. The predicted octanol–water partition coefficient (Wildman–Crippen LogP) is 3.41. The number of aryl methyl sites for hydroxylation is 2. The van der Waals surface area contributed by atoms with Crippen molar-refractivity contribution in [3.63, 3.8) is 0 Å². The summed E-state index contributed by atoms with van der Waals surface area (Å²) in [6.07, 6.45) is 5.19. The molecular formula is C23H35N5O4. The van der Waals surface area contributed by atoms with Gasteiger partial charge in [-0.1, -0.05) is 18.6 Å². The van der Waals surface area contributed by atoms with Gasteiger partial charge >= 0.3 is 5.97 Å². The molecule has 2 heterocycles. The fourth-order valence-corrected chi connectivity index (χ4v) is 3.99. The lowest BCUT2D eigenvalue weighted by atomic mass is 9.87. The fraction of sp³-hybridized carbons (Fsp3) is 0.652. The summed E-state index contributed by atoms with van der Waals surface area (Å²) in [6, 6.07) is 3.76. The quantitative estimate of drug-likeness (QED) is 0.525. The number of rotatable bonds is 11. The standard InChI is InChI=1S/C23H35N5O4/c1-5-6-12-27(3)15-31-14-20-22(25-26-28(20)4)19-10-11-21(16(2)24-19)32-18-9-7-8-17(13-18)23(29)30/h10-11,17-18H,5-9,12-15H2,1-4H3,(H,29,30)/t17-,18-/m0/s1. The van der Waals surface area contributed by atoms with E-state index in [-0.39, 0.29) is 12.0 Å². The van der Waals surface area contributed by atoms with E-state index in [1.54, 1.807) is 4.68 Å². The van der Waals surface area contributed by atoms with Crippen LogP contribution in [0.15, 0.2) is 12.1 Å². The molecule has 1 fully saturated rings. The van der Waals surface area contributed by atoms with Gasteiger partial charge in [0.15, 0.2) is 0 Å². The monoisotopic (exact) mass is 445 g/mol. The number of hydrogen-bond acceptors (Lipinski definition) is 7. The molecule has 0 bridgehead atoms. The highest BCUT2D eigenvalue weighted by Crippen LogP contribution is 2.30. The van der Waals surface area contributed by atoms with Crippen molar-refractivity contribution in [2.75, 3.05) is 20.3 Å². The number of aromatic nitrogens is 4. The van der Waals surface area contributed by atoms with E-state index >= 15 is 0 Å². The van der Waals surface area contributed by atoms with Crippen LogP contribution in [0.3, 0.4) is 0 Å². The lowest BCUT2D eigenvalue weighted by molar-refractivity contribution is -0.143. The number of pyridine rings is 1. The van der Waals surface area contributed by atoms with Gasteiger partial charge in [0, 0.05) is 7.05 Å². The molecule has 9 heteroatoms. The molecule has 1 aliphatic rings. The first-order chi connectivity index (χ1) is 15.4. The summed E-state index contributed by atoms with van der Waals surface area (Å²) >= 11 is 0. The molecule has 0 radical (unpaired) electrons. The summed E-state index contributed by atoms with van der Waals surface area (Å²) in [5.74, 6) is -0.383. The predicted molar refractivity (Wildman–Crippen MR) is 120 cm³/mol.